The van der Waals surface area contributed by atoms with Crippen LogP contribution in [0.1, 0.15) is 60.2 Å². The molecule has 2 unspecified atom stereocenters. The second-order valence-electron chi connectivity index (χ2n) is 7.31. The zero-order valence-corrected chi connectivity index (χ0v) is 17.8. The number of hydrogen-bond acceptors (Lipinski definition) is 6. The van der Waals surface area contributed by atoms with Gasteiger partial charge < -0.3 is 9.47 Å². The smallest absolute Gasteiger partial charge is 0.194 e. The van der Waals surface area contributed by atoms with E-state index >= 15 is 0 Å². The van der Waals surface area contributed by atoms with E-state index in [9.17, 15) is 0 Å². The van der Waals surface area contributed by atoms with E-state index < -0.39 is 16.0 Å². The average Bonchev–Trinajstić information content (AvgIpc) is 2.62. The second-order valence-corrected chi connectivity index (χ2v) is 8.06. The van der Waals surface area contributed by atoms with Crippen molar-refractivity contribution in [2.75, 3.05) is 13.2 Å². The van der Waals surface area contributed by atoms with E-state index in [0.29, 0.717) is 13.2 Å². The molecule has 8 heteroatoms. The topological polar surface area (TPSA) is 115 Å². The molecule has 2 bridgehead atoms. The Balaban J connectivity index is 0.000000431. The lowest BCUT2D eigenvalue weighted by Gasteiger charge is -2.48. The van der Waals surface area contributed by atoms with Crippen molar-refractivity contribution < 1.29 is 42.9 Å². The molecule has 1 aliphatic carbocycles. The number of nitrogens with zero attached hydrogens (tertiary/aromatic N) is 1. The zero-order valence-electron chi connectivity index (χ0n) is 17.0. The highest BCUT2D eigenvalue weighted by molar-refractivity contribution is 5.48. The SMILES string of the molecule is CCOC1(OCC)CC2c3cc(C)c(C)cc3C1c1cccc[n+]12.[O-][Cl+3]([O-])([O-])[O-]. The van der Waals surface area contributed by atoms with Crippen LogP contribution in [0, 0.1) is 24.1 Å². The third-order valence-electron chi connectivity index (χ3n) is 5.62. The van der Waals surface area contributed by atoms with E-state index in [-0.39, 0.29) is 12.0 Å². The predicted octanol–water partition coefficient (Wildman–Crippen LogP) is -0.957. The Kier molecular flexibility index (Phi) is 6.31. The number of ether oxygens (including phenoxy) is 2. The highest BCUT2D eigenvalue weighted by Crippen LogP contribution is 2.53. The van der Waals surface area contributed by atoms with Crippen molar-refractivity contribution in [3.8, 4) is 0 Å². The van der Waals surface area contributed by atoms with Gasteiger partial charge in [-0.15, -0.1) is 10.2 Å². The van der Waals surface area contributed by atoms with Gasteiger partial charge in [-0.2, -0.15) is 4.57 Å². The summed E-state index contributed by atoms with van der Waals surface area (Å²) in [6, 6.07) is 11.5. The van der Waals surface area contributed by atoms with Crippen LogP contribution in [0.25, 0.3) is 0 Å². The number of rotatable bonds is 4. The zero-order chi connectivity index (χ0) is 21.4. The van der Waals surface area contributed by atoms with E-state index in [2.05, 4.69) is 68.8 Å². The summed E-state index contributed by atoms with van der Waals surface area (Å²) in [6.45, 7) is 9.84. The molecule has 0 spiro atoms. The lowest BCUT2D eigenvalue weighted by molar-refractivity contribution is -2.00. The van der Waals surface area contributed by atoms with Crippen molar-refractivity contribution in [2.24, 2.45) is 0 Å². The quantitative estimate of drug-likeness (QED) is 0.462. The van der Waals surface area contributed by atoms with Gasteiger partial charge in [0.05, 0.1) is 6.42 Å². The van der Waals surface area contributed by atoms with Gasteiger partial charge in [-0.1, -0.05) is 12.1 Å². The molecule has 0 saturated heterocycles. The molecule has 2 aliphatic heterocycles. The molecule has 0 N–H and O–H groups in total. The highest BCUT2D eigenvalue weighted by atomic mass is 35.7. The van der Waals surface area contributed by atoms with Crippen molar-refractivity contribution in [1.29, 1.82) is 0 Å². The third kappa shape index (κ3) is 4.32. The van der Waals surface area contributed by atoms with E-state index in [1.54, 1.807) is 0 Å². The summed E-state index contributed by atoms with van der Waals surface area (Å²) in [6.07, 6.45) is 3.07. The summed E-state index contributed by atoms with van der Waals surface area (Å²) >= 11 is 0. The summed E-state index contributed by atoms with van der Waals surface area (Å²) in [7, 11) is -4.94. The minimum absolute atomic E-state index is 0.123. The van der Waals surface area contributed by atoms with Crippen LogP contribution in [0.2, 0.25) is 0 Å². The fourth-order valence-corrected chi connectivity index (χ4v) is 4.58. The molecule has 0 amide bonds. The van der Waals surface area contributed by atoms with Crippen molar-refractivity contribution in [2.45, 2.75) is 51.9 Å². The normalized spacial score (nSPS) is 21.1. The summed E-state index contributed by atoms with van der Waals surface area (Å²) in [4.78, 5) is 0. The first kappa shape index (κ1) is 22.1. The fraction of sp³-hybridized carbons (Fsp3) is 0.476. The molecular weight excluding hydrogens is 398 g/mol. The first-order chi connectivity index (χ1) is 13.6. The Morgan fingerprint density at radius 1 is 1.00 bits per heavy atom. The van der Waals surface area contributed by atoms with Crippen LogP contribution in [-0.4, -0.2) is 19.0 Å². The van der Waals surface area contributed by atoms with Crippen molar-refractivity contribution in [3.63, 3.8) is 0 Å². The van der Waals surface area contributed by atoms with Crippen LogP contribution >= 0.6 is 0 Å². The molecule has 1 aromatic carbocycles. The molecule has 0 radical (unpaired) electrons. The van der Waals surface area contributed by atoms with Crippen molar-refractivity contribution in [3.05, 3.63) is 64.5 Å². The maximum Gasteiger partial charge on any atom is 0.194 e. The van der Waals surface area contributed by atoms with Gasteiger partial charge in [-0.05, 0) is 50.5 Å². The molecule has 0 fully saturated rings. The highest BCUT2D eigenvalue weighted by Gasteiger charge is 2.59. The lowest BCUT2D eigenvalue weighted by atomic mass is 9.69. The largest absolute Gasteiger partial charge is 0.349 e. The Morgan fingerprint density at radius 3 is 2.10 bits per heavy atom. The first-order valence-corrected chi connectivity index (χ1v) is 10.9. The molecule has 5 rings (SSSR count). The standard InChI is InChI=1S/C21H26NO2.ClHO4/c1-5-23-21(24-6-2)13-19-16-11-14(3)15(4)12-17(16)20(21)18-9-7-8-10-22(18)19;2-1(3,4)5/h7-12,19-20H,5-6,13H2,1-4H3;(H,2,3,4,5)/q+1;/p-1. The summed E-state index contributed by atoms with van der Waals surface area (Å²) in [5.41, 5.74) is 6.80. The van der Waals surface area contributed by atoms with E-state index in [0.717, 1.165) is 6.42 Å². The van der Waals surface area contributed by atoms with Gasteiger partial charge >= 0.3 is 0 Å². The predicted molar refractivity (Wildman–Crippen MR) is 93.1 cm³/mol. The molecule has 3 aliphatic rings. The molecule has 29 heavy (non-hydrogen) atoms. The molecule has 2 atom stereocenters. The molecule has 158 valence electrons. The number of pyridine rings is 1. The van der Waals surface area contributed by atoms with E-state index in [1.165, 1.54) is 27.9 Å². The van der Waals surface area contributed by atoms with Gasteiger partial charge in [-0.25, -0.2) is 18.6 Å². The Hall–Kier alpha value is -1.58. The average molecular weight is 424 g/mol. The molecule has 1 aromatic heterocycles. The number of halogens is 1. The van der Waals surface area contributed by atoms with E-state index in [4.69, 9.17) is 28.1 Å². The van der Waals surface area contributed by atoms with Gasteiger partial charge in [-0.3, -0.25) is 0 Å². The summed E-state index contributed by atoms with van der Waals surface area (Å²) in [5.74, 6) is -0.428. The minimum atomic E-state index is -4.94. The van der Waals surface area contributed by atoms with Gasteiger partial charge in [0.2, 0.25) is 0 Å². The molecule has 7 nitrogen and oxygen atoms in total. The molecule has 0 saturated carbocycles. The minimum Gasteiger partial charge on any atom is -0.349 e. The van der Waals surface area contributed by atoms with Gasteiger partial charge in [0.1, 0.15) is 5.92 Å². The number of aromatic nitrogens is 1. The molecular formula is C21H26ClNO6. The first-order valence-electron chi connectivity index (χ1n) is 9.62. The third-order valence-corrected chi connectivity index (χ3v) is 5.62. The van der Waals surface area contributed by atoms with Gasteiger partial charge in [0.25, 0.3) is 0 Å². The monoisotopic (exact) mass is 423 g/mol. The Morgan fingerprint density at radius 2 is 1.55 bits per heavy atom. The van der Waals surface area contributed by atoms with Crippen LogP contribution in [-0.2, 0) is 9.47 Å². The molecule has 3 heterocycles. The van der Waals surface area contributed by atoms with Crippen LogP contribution in [0.4, 0.5) is 0 Å². The van der Waals surface area contributed by atoms with Crippen molar-refractivity contribution in [1.82, 2.24) is 0 Å². The maximum absolute atomic E-state index is 8.49. The Labute approximate surface area is 172 Å². The van der Waals surface area contributed by atoms with Crippen molar-refractivity contribution >= 4 is 0 Å². The van der Waals surface area contributed by atoms with Crippen LogP contribution in [0.15, 0.2) is 36.5 Å². The van der Waals surface area contributed by atoms with Crippen LogP contribution in [0.5, 0.6) is 0 Å². The van der Waals surface area contributed by atoms with E-state index in [1.807, 2.05) is 0 Å². The number of benzene rings is 1. The second kappa shape index (κ2) is 8.28. The summed E-state index contributed by atoms with van der Waals surface area (Å²) < 4.78 is 49.0. The number of hydrogen-bond donors (Lipinski definition) is 0. The lowest BCUT2D eigenvalue weighted by Crippen LogP contribution is -2.68. The van der Waals surface area contributed by atoms with Gasteiger partial charge in [0, 0.05) is 30.9 Å². The maximum atomic E-state index is 8.49. The van der Waals surface area contributed by atoms with Crippen LogP contribution in [0.3, 0.4) is 0 Å². The molecule has 2 aromatic rings. The number of fused-ring (bicyclic) bond motifs is 1. The summed E-state index contributed by atoms with van der Waals surface area (Å²) in [5, 5.41) is 0. The van der Waals surface area contributed by atoms with Crippen LogP contribution < -0.4 is 23.2 Å². The fourth-order valence-electron chi connectivity index (χ4n) is 4.58. The van der Waals surface area contributed by atoms with Gasteiger partial charge in [0.15, 0.2) is 23.7 Å². The Bertz CT molecular complexity index is 870. The number of aryl methyl sites for hydroxylation is 2.